The van der Waals surface area contributed by atoms with Crippen LogP contribution in [-0.2, 0) is 4.79 Å². The average molecular weight is 222 g/mol. The first-order valence-corrected chi connectivity index (χ1v) is 5.60. The molecule has 0 amide bonds. The van der Waals surface area contributed by atoms with E-state index in [-0.39, 0.29) is 5.78 Å². The number of allylic oxidation sites excluding steroid dienone is 7. The van der Waals surface area contributed by atoms with Crippen LogP contribution in [0.5, 0.6) is 0 Å². The van der Waals surface area contributed by atoms with Gasteiger partial charge < -0.3 is 0 Å². The molecule has 0 fully saturated rings. The summed E-state index contributed by atoms with van der Waals surface area (Å²) in [7, 11) is 0. The largest absolute Gasteiger partial charge is 0.290 e. The number of ketones is 1. The van der Waals surface area contributed by atoms with Crippen molar-refractivity contribution in [2.24, 2.45) is 0 Å². The molecule has 0 radical (unpaired) electrons. The van der Waals surface area contributed by atoms with Crippen LogP contribution in [0.4, 0.5) is 0 Å². The van der Waals surface area contributed by atoms with Gasteiger partial charge in [-0.1, -0.05) is 54.6 Å². The fourth-order valence-electron chi connectivity index (χ4n) is 1.60. The topological polar surface area (TPSA) is 17.1 Å². The molecule has 0 atom stereocenters. The third-order valence-electron chi connectivity index (χ3n) is 2.64. The van der Waals surface area contributed by atoms with Gasteiger partial charge in [0, 0.05) is 0 Å². The van der Waals surface area contributed by atoms with E-state index in [4.69, 9.17) is 0 Å². The van der Waals surface area contributed by atoms with Crippen LogP contribution in [0, 0.1) is 0 Å². The van der Waals surface area contributed by atoms with E-state index in [1.54, 1.807) is 12.2 Å². The lowest BCUT2D eigenvalue weighted by Gasteiger charge is -2.02. The molecule has 1 aromatic carbocycles. The van der Waals surface area contributed by atoms with E-state index >= 15 is 0 Å². The Kier molecular flexibility index (Phi) is 3.51. The van der Waals surface area contributed by atoms with E-state index < -0.39 is 0 Å². The molecule has 1 heteroatoms. The molecular formula is C16H14O. The minimum absolute atomic E-state index is 0.0496. The molecule has 84 valence electrons. The normalized spacial score (nSPS) is 14.6. The quantitative estimate of drug-likeness (QED) is 0.745. The Morgan fingerprint density at radius 3 is 2.29 bits per heavy atom. The summed E-state index contributed by atoms with van der Waals surface area (Å²) in [5, 5.41) is 0. The minimum atomic E-state index is 0.0496. The molecule has 0 heterocycles. The Labute approximate surface area is 101 Å². The van der Waals surface area contributed by atoms with Crippen LogP contribution in [0.25, 0.3) is 6.08 Å². The Balaban J connectivity index is 2.17. The molecular weight excluding hydrogens is 208 g/mol. The van der Waals surface area contributed by atoms with Crippen molar-refractivity contribution < 1.29 is 4.79 Å². The van der Waals surface area contributed by atoms with Crippen molar-refractivity contribution in [1.29, 1.82) is 0 Å². The second kappa shape index (κ2) is 5.26. The van der Waals surface area contributed by atoms with Crippen molar-refractivity contribution in [3.05, 3.63) is 77.4 Å². The lowest BCUT2D eigenvalue weighted by atomic mass is 10.0. The number of hydrogen-bond donors (Lipinski definition) is 0. The van der Waals surface area contributed by atoms with Crippen LogP contribution in [0.3, 0.4) is 0 Å². The molecule has 0 aliphatic heterocycles. The van der Waals surface area contributed by atoms with Gasteiger partial charge in [-0.2, -0.15) is 0 Å². The molecule has 1 nitrogen and oxygen atoms in total. The van der Waals surface area contributed by atoms with E-state index in [0.29, 0.717) is 0 Å². The van der Waals surface area contributed by atoms with Gasteiger partial charge in [0.25, 0.3) is 0 Å². The average Bonchev–Trinajstić information content (AvgIpc) is 2.38. The maximum atomic E-state index is 11.0. The van der Waals surface area contributed by atoms with E-state index in [1.165, 1.54) is 5.56 Å². The van der Waals surface area contributed by atoms with Crippen molar-refractivity contribution in [3.8, 4) is 0 Å². The van der Waals surface area contributed by atoms with Crippen LogP contribution in [0.1, 0.15) is 12.5 Å². The van der Waals surface area contributed by atoms with Gasteiger partial charge in [0.1, 0.15) is 0 Å². The summed E-state index contributed by atoms with van der Waals surface area (Å²) in [4.78, 5) is 11.0. The van der Waals surface area contributed by atoms with E-state index in [1.807, 2.05) is 37.3 Å². The van der Waals surface area contributed by atoms with Gasteiger partial charge in [-0.25, -0.2) is 0 Å². The van der Waals surface area contributed by atoms with Gasteiger partial charge in [0.15, 0.2) is 5.78 Å². The zero-order valence-electron chi connectivity index (χ0n) is 9.76. The standard InChI is InChI=1S/C16H14O/c1-13(15-9-11-16(17)12-10-15)7-8-14-5-3-2-4-6-14/h2-12H,1H3/b8-7+. The molecule has 0 unspecified atom stereocenters. The summed E-state index contributed by atoms with van der Waals surface area (Å²) >= 11 is 0. The van der Waals surface area contributed by atoms with Crippen LogP contribution in [0.15, 0.2) is 71.9 Å². The highest BCUT2D eigenvalue weighted by molar-refractivity contribution is 6.01. The van der Waals surface area contributed by atoms with Crippen molar-refractivity contribution in [2.75, 3.05) is 0 Å². The zero-order valence-corrected chi connectivity index (χ0v) is 9.76. The minimum Gasteiger partial charge on any atom is -0.290 e. The number of rotatable bonds is 2. The van der Waals surface area contributed by atoms with Crippen molar-refractivity contribution in [1.82, 2.24) is 0 Å². The van der Waals surface area contributed by atoms with Crippen LogP contribution in [0.2, 0.25) is 0 Å². The second-order valence-corrected chi connectivity index (χ2v) is 3.95. The molecule has 0 N–H and O–H groups in total. The molecule has 2 rings (SSSR count). The van der Waals surface area contributed by atoms with Crippen LogP contribution in [-0.4, -0.2) is 5.78 Å². The summed E-state index contributed by atoms with van der Waals surface area (Å²) in [6, 6.07) is 10.2. The lowest BCUT2D eigenvalue weighted by Crippen LogP contribution is -1.92. The molecule has 1 aliphatic carbocycles. The first-order chi connectivity index (χ1) is 8.25. The van der Waals surface area contributed by atoms with E-state index in [0.717, 1.165) is 11.1 Å². The van der Waals surface area contributed by atoms with Gasteiger partial charge in [0.05, 0.1) is 0 Å². The van der Waals surface area contributed by atoms with Gasteiger partial charge >= 0.3 is 0 Å². The Morgan fingerprint density at radius 2 is 1.65 bits per heavy atom. The fraction of sp³-hybridized carbons (Fsp3) is 0.0625. The maximum Gasteiger partial charge on any atom is 0.178 e. The van der Waals surface area contributed by atoms with Crippen LogP contribution >= 0.6 is 0 Å². The maximum absolute atomic E-state index is 11.0. The molecule has 0 saturated carbocycles. The molecule has 0 saturated heterocycles. The SMILES string of the molecule is CC(/C=C/c1ccccc1)=C1C=CC(=O)C=C1. The number of carbonyl (C=O) groups is 1. The Hall–Kier alpha value is -2.15. The summed E-state index contributed by atoms with van der Waals surface area (Å²) in [5.41, 5.74) is 3.40. The Morgan fingerprint density at radius 1 is 1.00 bits per heavy atom. The third-order valence-corrected chi connectivity index (χ3v) is 2.64. The molecule has 17 heavy (non-hydrogen) atoms. The molecule has 0 spiro atoms. The van der Waals surface area contributed by atoms with Gasteiger partial charge in [-0.3, -0.25) is 4.79 Å². The molecule has 1 aliphatic rings. The monoisotopic (exact) mass is 222 g/mol. The van der Waals surface area contributed by atoms with E-state index in [9.17, 15) is 4.79 Å². The first-order valence-electron chi connectivity index (χ1n) is 5.60. The Bertz CT molecular complexity index is 510. The van der Waals surface area contributed by atoms with E-state index in [2.05, 4.69) is 24.3 Å². The summed E-state index contributed by atoms with van der Waals surface area (Å²) in [6.45, 7) is 2.04. The highest BCUT2D eigenvalue weighted by atomic mass is 16.1. The second-order valence-electron chi connectivity index (χ2n) is 3.95. The van der Waals surface area contributed by atoms with Crippen molar-refractivity contribution >= 4 is 11.9 Å². The van der Waals surface area contributed by atoms with Gasteiger partial charge in [-0.15, -0.1) is 0 Å². The first kappa shape index (κ1) is 11.3. The highest BCUT2D eigenvalue weighted by Crippen LogP contribution is 2.14. The summed E-state index contributed by atoms with van der Waals surface area (Å²) in [5.74, 6) is 0.0496. The van der Waals surface area contributed by atoms with Gasteiger partial charge in [-0.05, 0) is 35.8 Å². The lowest BCUT2D eigenvalue weighted by molar-refractivity contribution is -0.110. The van der Waals surface area contributed by atoms with Crippen molar-refractivity contribution in [3.63, 3.8) is 0 Å². The predicted octanol–water partition coefficient (Wildman–Crippen LogP) is 3.71. The summed E-state index contributed by atoms with van der Waals surface area (Å²) < 4.78 is 0. The van der Waals surface area contributed by atoms with Crippen LogP contribution < -0.4 is 0 Å². The smallest absolute Gasteiger partial charge is 0.178 e. The third kappa shape index (κ3) is 3.15. The predicted molar refractivity (Wildman–Crippen MR) is 71.5 cm³/mol. The molecule has 1 aromatic rings. The number of hydrogen-bond acceptors (Lipinski definition) is 1. The zero-order chi connectivity index (χ0) is 12.1. The summed E-state index contributed by atoms with van der Waals surface area (Å²) in [6.07, 6.45) is 11.0. The molecule has 0 aromatic heterocycles. The van der Waals surface area contributed by atoms with Crippen molar-refractivity contribution in [2.45, 2.75) is 6.92 Å². The number of carbonyl (C=O) groups excluding carboxylic acids is 1. The van der Waals surface area contributed by atoms with Gasteiger partial charge in [0.2, 0.25) is 0 Å². The molecule has 0 bridgehead atoms. The fourth-order valence-corrected chi connectivity index (χ4v) is 1.60. The highest BCUT2D eigenvalue weighted by Gasteiger charge is 2.00. The number of benzene rings is 1.